The number of hydrogen-bond donors (Lipinski definition) is 0. The number of ether oxygens (including phenoxy) is 2. The van der Waals surface area contributed by atoms with Gasteiger partial charge in [-0.2, -0.15) is 8.78 Å². The van der Waals surface area contributed by atoms with E-state index in [1.807, 2.05) is 0 Å². The van der Waals surface area contributed by atoms with Gasteiger partial charge in [0.1, 0.15) is 0 Å². The van der Waals surface area contributed by atoms with E-state index in [9.17, 15) is 17.6 Å². The van der Waals surface area contributed by atoms with Crippen LogP contribution in [0.5, 0.6) is 11.5 Å². The van der Waals surface area contributed by atoms with Crippen LogP contribution in [0.2, 0.25) is 0 Å². The highest BCUT2D eigenvalue weighted by atomic mass is 19.2. The first-order valence-electron chi connectivity index (χ1n) is 14.1. The molecule has 0 heterocycles. The number of allylic oxidation sites excluding steroid dienone is 4. The predicted molar refractivity (Wildman–Crippen MR) is 146 cm³/mol. The Labute approximate surface area is 224 Å². The number of halogens is 4. The van der Waals surface area contributed by atoms with Crippen molar-refractivity contribution in [2.24, 2.45) is 0 Å². The molecule has 0 unspecified atom stereocenters. The second-order valence-electron chi connectivity index (χ2n) is 9.87. The standard InChI is InChI=1S/C32H40F4O2/c1-3-5-7-9-10-12-22-38-28-20-18-26(30(34)32(28)36)24-15-13-23(14-16-24)25-17-19-27(31(35)29(25)33)37-21-11-8-6-4-2/h13,16-20H,3-12,14-15,21-22H2,1-2H3. The van der Waals surface area contributed by atoms with Gasteiger partial charge in [-0.15, -0.1) is 0 Å². The lowest BCUT2D eigenvalue weighted by Gasteiger charge is -2.17. The summed E-state index contributed by atoms with van der Waals surface area (Å²) < 4.78 is 69.9. The van der Waals surface area contributed by atoms with Crippen LogP contribution in [0.15, 0.2) is 36.4 Å². The maximum Gasteiger partial charge on any atom is 0.201 e. The summed E-state index contributed by atoms with van der Waals surface area (Å²) in [5, 5.41) is 0. The summed E-state index contributed by atoms with van der Waals surface area (Å²) in [4.78, 5) is 0. The number of rotatable bonds is 16. The highest BCUT2D eigenvalue weighted by Crippen LogP contribution is 2.36. The molecule has 3 rings (SSSR count). The Morgan fingerprint density at radius 2 is 0.921 bits per heavy atom. The quantitative estimate of drug-likeness (QED) is 0.158. The van der Waals surface area contributed by atoms with E-state index in [1.165, 1.54) is 43.5 Å². The summed E-state index contributed by atoms with van der Waals surface area (Å²) in [6, 6.07) is 5.95. The number of hydrogen-bond acceptors (Lipinski definition) is 2. The number of unbranched alkanes of at least 4 members (excludes halogenated alkanes) is 8. The van der Waals surface area contributed by atoms with Gasteiger partial charge in [0.15, 0.2) is 23.1 Å². The molecule has 38 heavy (non-hydrogen) atoms. The van der Waals surface area contributed by atoms with Gasteiger partial charge < -0.3 is 9.47 Å². The Hall–Kier alpha value is -2.76. The smallest absolute Gasteiger partial charge is 0.201 e. The van der Waals surface area contributed by atoms with Crippen molar-refractivity contribution >= 4 is 11.1 Å². The fourth-order valence-corrected chi connectivity index (χ4v) is 4.63. The minimum atomic E-state index is -1.00. The summed E-state index contributed by atoms with van der Waals surface area (Å²) in [6.07, 6.45) is 14.5. The van der Waals surface area contributed by atoms with E-state index in [-0.39, 0.29) is 35.5 Å². The summed E-state index contributed by atoms with van der Waals surface area (Å²) >= 11 is 0. The number of benzene rings is 2. The third-order valence-electron chi connectivity index (χ3n) is 6.93. The van der Waals surface area contributed by atoms with E-state index in [4.69, 9.17) is 9.47 Å². The van der Waals surface area contributed by atoms with Crippen molar-refractivity contribution in [1.82, 2.24) is 0 Å². The minimum Gasteiger partial charge on any atom is -0.490 e. The van der Waals surface area contributed by atoms with Crippen LogP contribution < -0.4 is 9.47 Å². The van der Waals surface area contributed by atoms with Crippen molar-refractivity contribution in [3.05, 3.63) is 70.8 Å². The highest BCUT2D eigenvalue weighted by Gasteiger charge is 2.21. The molecule has 0 saturated heterocycles. The Morgan fingerprint density at radius 1 is 0.526 bits per heavy atom. The van der Waals surface area contributed by atoms with Crippen LogP contribution in [0.3, 0.4) is 0 Å². The van der Waals surface area contributed by atoms with Gasteiger partial charge in [0.25, 0.3) is 0 Å². The molecule has 2 aromatic rings. The lowest BCUT2D eigenvalue weighted by Crippen LogP contribution is -2.05. The molecule has 0 saturated carbocycles. The minimum absolute atomic E-state index is 0.0855. The summed E-state index contributed by atoms with van der Waals surface area (Å²) in [5.41, 5.74) is 1.50. The molecule has 0 radical (unpaired) electrons. The van der Waals surface area contributed by atoms with Crippen molar-refractivity contribution in [3.8, 4) is 11.5 Å². The van der Waals surface area contributed by atoms with Crippen molar-refractivity contribution in [1.29, 1.82) is 0 Å². The predicted octanol–water partition coefficient (Wildman–Crippen LogP) is 10.2. The van der Waals surface area contributed by atoms with Gasteiger partial charge in [0, 0.05) is 11.1 Å². The average molecular weight is 533 g/mol. The van der Waals surface area contributed by atoms with Gasteiger partial charge in [0.2, 0.25) is 11.6 Å². The highest BCUT2D eigenvalue weighted by molar-refractivity contribution is 5.78. The fraction of sp³-hybridized carbons (Fsp3) is 0.500. The van der Waals surface area contributed by atoms with E-state index in [0.717, 1.165) is 44.9 Å². The van der Waals surface area contributed by atoms with Crippen LogP contribution >= 0.6 is 0 Å². The zero-order valence-electron chi connectivity index (χ0n) is 22.7. The molecule has 0 amide bonds. The summed E-state index contributed by atoms with van der Waals surface area (Å²) in [5.74, 6) is -4.08. The fourth-order valence-electron chi connectivity index (χ4n) is 4.63. The Kier molecular flexibility index (Phi) is 12.2. The topological polar surface area (TPSA) is 18.5 Å². The molecule has 1 aliphatic rings. The van der Waals surface area contributed by atoms with Gasteiger partial charge in [-0.3, -0.25) is 0 Å². The first-order valence-corrected chi connectivity index (χ1v) is 14.1. The van der Waals surface area contributed by atoms with Crippen molar-refractivity contribution in [3.63, 3.8) is 0 Å². The van der Waals surface area contributed by atoms with Gasteiger partial charge in [0.05, 0.1) is 13.2 Å². The zero-order chi connectivity index (χ0) is 27.3. The normalized spacial score (nSPS) is 13.3. The van der Waals surface area contributed by atoms with Gasteiger partial charge >= 0.3 is 0 Å². The second kappa shape index (κ2) is 15.6. The lowest BCUT2D eigenvalue weighted by molar-refractivity contribution is 0.284. The molecule has 6 heteroatoms. The molecule has 2 nitrogen and oxygen atoms in total. The third-order valence-corrected chi connectivity index (χ3v) is 6.93. The Bertz CT molecular complexity index is 1110. The maximum atomic E-state index is 14.9. The maximum absolute atomic E-state index is 14.9. The van der Waals surface area contributed by atoms with E-state index in [0.29, 0.717) is 24.4 Å². The van der Waals surface area contributed by atoms with Crippen LogP contribution in [0.4, 0.5) is 17.6 Å². The lowest BCUT2D eigenvalue weighted by atomic mass is 9.90. The molecule has 0 bridgehead atoms. The van der Waals surface area contributed by atoms with E-state index >= 15 is 0 Å². The zero-order valence-corrected chi connectivity index (χ0v) is 22.7. The Balaban J connectivity index is 1.58. The molecule has 0 atom stereocenters. The van der Waals surface area contributed by atoms with Gasteiger partial charge in [-0.05, 0) is 61.1 Å². The molecule has 208 valence electrons. The average Bonchev–Trinajstić information content (AvgIpc) is 2.93. The molecule has 2 aromatic carbocycles. The SMILES string of the molecule is CCCCCCCCOc1ccc(C2=CCC(c3ccc(OCCCCCC)c(F)c3F)=CC2)c(F)c1F. The third kappa shape index (κ3) is 8.12. The van der Waals surface area contributed by atoms with Crippen LogP contribution in [0, 0.1) is 23.3 Å². The van der Waals surface area contributed by atoms with E-state index < -0.39 is 23.3 Å². The molecule has 0 fully saturated rings. The van der Waals surface area contributed by atoms with Crippen molar-refractivity contribution in [2.75, 3.05) is 13.2 Å². The van der Waals surface area contributed by atoms with Crippen LogP contribution in [0.1, 0.15) is 102 Å². The van der Waals surface area contributed by atoms with Crippen molar-refractivity contribution in [2.45, 2.75) is 90.9 Å². The van der Waals surface area contributed by atoms with E-state index in [2.05, 4.69) is 13.8 Å². The molecule has 0 aliphatic heterocycles. The monoisotopic (exact) mass is 532 g/mol. The van der Waals surface area contributed by atoms with Gasteiger partial charge in [-0.25, -0.2) is 8.78 Å². The first-order chi connectivity index (χ1) is 18.5. The van der Waals surface area contributed by atoms with E-state index in [1.54, 1.807) is 12.2 Å². The van der Waals surface area contributed by atoms with Crippen LogP contribution in [0.25, 0.3) is 11.1 Å². The van der Waals surface area contributed by atoms with Gasteiger partial charge in [-0.1, -0.05) is 77.4 Å². The molecule has 1 aliphatic carbocycles. The summed E-state index contributed by atoms with van der Waals surface area (Å²) in [7, 11) is 0. The molecular weight excluding hydrogens is 492 g/mol. The molecular formula is C32H40F4O2. The molecule has 0 N–H and O–H groups in total. The first kappa shape index (κ1) is 29.8. The Morgan fingerprint density at radius 3 is 1.34 bits per heavy atom. The van der Waals surface area contributed by atoms with Crippen LogP contribution in [-0.4, -0.2) is 13.2 Å². The largest absolute Gasteiger partial charge is 0.490 e. The van der Waals surface area contributed by atoms with Crippen molar-refractivity contribution < 1.29 is 27.0 Å². The summed E-state index contributed by atoms with van der Waals surface area (Å²) in [6.45, 7) is 4.95. The second-order valence-corrected chi connectivity index (χ2v) is 9.87. The molecule has 0 aromatic heterocycles. The molecule has 0 spiro atoms. The van der Waals surface area contributed by atoms with Crippen LogP contribution in [-0.2, 0) is 0 Å².